The number of benzene rings is 7. The van der Waals surface area contributed by atoms with E-state index in [1.54, 1.807) is 54.6 Å². The van der Waals surface area contributed by atoms with Crippen molar-refractivity contribution < 1.29 is 38.9 Å². The molecule has 0 bridgehead atoms. The number of carbonyl (C=O) groups is 4. The Morgan fingerprint density at radius 3 is 1.81 bits per heavy atom. The highest BCUT2D eigenvalue weighted by Crippen LogP contribution is 2.41. The number of aromatic carboxylic acids is 1. The molecular weight excluding hydrogens is 1210 g/mol. The molecule has 0 aliphatic carbocycles. The quantitative estimate of drug-likeness (QED) is 0.0712. The summed E-state index contributed by atoms with van der Waals surface area (Å²) >= 11 is 7.86. The second-order valence-corrected chi connectivity index (χ2v) is 26.2. The van der Waals surface area contributed by atoms with Crippen LogP contribution < -0.4 is 9.47 Å². The second-order valence-electron chi connectivity index (χ2n) is 18.3. The Morgan fingerprint density at radius 1 is 0.716 bits per heavy atom. The van der Waals surface area contributed by atoms with Gasteiger partial charge in [-0.05, 0) is 116 Å². The molecule has 81 heavy (non-hydrogen) atoms. The van der Waals surface area contributed by atoms with Crippen LogP contribution in [0.25, 0.3) is 45.0 Å². The van der Waals surface area contributed by atoms with Gasteiger partial charge in [0.2, 0.25) is 0 Å². The number of carboxylic acids is 2. The maximum absolute atomic E-state index is 12.4. The van der Waals surface area contributed by atoms with E-state index in [2.05, 4.69) is 60.9 Å². The Labute approximate surface area is 495 Å². The highest BCUT2D eigenvalue weighted by atomic mass is 127. The number of hydrazone groups is 1. The zero-order chi connectivity index (χ0) is 58.2. The molecular formula is C61H56BClIN6O8P3. The number of nitrogens with zero attached hydrogens (tertiary/aromatic N) is 5. The Morgan fingerprint density at radius 2 is 1.23 bits per heavy atom. The van der Waals surface area contributed by atoms with Crippen LogP contribution in [-0.2, 0) is 4.79 Å². The number of hydrogen-bond acceptors (Lipinski definition) is 9. The first kappa shape index (κ1) is 61.3. The number of H-pyrrole nitrogens is 1. The largest absolute Gasteiger partial charge is 0.497 e. The summed E-state index contributed by atoms with van der Waals surface area (Å²) in [4.78, 5) is 46.6. The molecule has 1 amide bonds. The van der Waals surface area contributed by atoms with Gasteiger partial charge in [0, 0.05) is 39.3 Å². The van der Waals surface area contributed by atoms with Crippen molar-refractivity contribution in [2.24, 2.45) is 5.10 Å². The van der Waals surface area contributed by atoms with E-state index < -0.39 is 17.5 Å². The summed E-state index contributed by atoms with van der Waals surface area (Å²) in [6.45, 7) is 4.98. The summed E-state index contributed by atoms with van der Waals surface area (Å²) < 4.78 is 11.9. The SMILES string of the molecule is CC(C)(Oc1ccc(Cl)cc1)C(=O)O.COc1ccc(C2=NN3C(=O)c4ccccc4C3C2)cc1.O=C(O)c1ccccc1-c1cc(-c2ccccc2)n[nH]1.O=C1c2ccccc2-c2cc(-c3ccccc3)nn21.PCP.[B]P(C)I. The second kappa shape index (κ2) is 28.9. The maximum Gasteiger partial charge on any atom is 0.347 e. The number of carboxylic acid groups (broad SMARTS) is 2. The fourth-order valence-corrected chi connectivity index (χ4v) is 8.58. The van der Waals surface area contributed by atoms with Crippen LogP contribution in [0.15, 0.2) is 199 Å². The molecule has 410 valence electrons. The van der Waals surface area contributed by atoms with Gasteiger partial charge < -0.3 is 19.7 Å². The lowest BCUT2D eigenvalue weighted by Gasteiger charge is -2.21. The lowest BCUT2D eigenvalue weighted by atomic mass is 9.98. The molecule has 0 saturated carbocycles. The highest BCUT2D eigenvalue weighted by Gasteiger charge is 2.41. The molecule has 0 fully saturated rings. The van der Waals surface area contributed by atoms with Crippen molar-refractivity contribution in [3.8, 4) is 56.5 Å². The molecule has 4 unspecified atom stereocenters. The average Bonchev–Trinajstić information content (AvgIpc) is 4.53. The van der Waals surface area contributed by atoms with Gasteiger partial charge in [-0.25, -0.2) is 14.6 Å². The molecule has 2 aromatic heterocycles. The standard InChI is InChI=1S/C17H14N2O2.C16H12N2O2.C16H10N2O.C10H11ClO3.CH3BIP.CH6P2/c1-21-12-8-6-11(7-9-12)15-10-16-13-4-2-3-5-14(13)17(20)19(16)18-15;19-16(20)13-9-5-4-8-12(13)15-10-14(17-18-15)11-6-2-1-3-7-11;19-16-13-9-5-4-8-12(13)15-10-14(17-18(15)16)11-6-2-1-3-7-11;1-10(2,9(12)13)14-8-5-3-7(11)4-6-8;1-4(2)3;2-1-3/h2-9,16H,10H2,1H3;1-10H,(H,17,18)(H,19,20);1-10H;3-6H,1-2H3,(H,12,13);1H3;1-3H2. The number of nitrogens with one attached hydrogen (secondary N) is 1. The number of fused-ring (bicyclic) bond motifs is 6. The van der Waals surface area contributed by atoms with Crippen LogP contribution in [0, 0.1) is 0 Å². The normalized spacial score (nSPS) is 13.4. The van der Waals surface area contributed by atoms with Gasteiger partial charge in [-0.3, -0.25) is 14.7 Å². The number of aliphatic carboxylic acids is 1. The van der Waals surface area contributed by atoms with Crippen molar-refractivity contribution in [1.82, 2.24) is 25.0 Å². The van der Waals surface area contributed by atoms with Crippen LogP contribution in [0.3, 0.4) is 0 Å². The monoisotopic (exact) mass is 1270 g/mol. The summed E-state index contributed by atoms with van der Waals surface area (Å²) in [6.07, 6.45) is 0.759. The van der Waals surface area contributed by atoms with Gasteiger partial charge >= 0.3 is 11.9 Å². The number of hydrogen-bond donors (Lipinski definition) is 3. The van der Waals surface area contributed by atoms with E-state index in [9.17, 15) is 24.3 Å². The Bertz CT molecular complexity index is 3640. The minimum absolute atomic E-state index is 0.000823. The molecule has 3 N–H and O–H groups in total. The third kappa shape index (κ3) is 15.8. The number of aromatic amines is 1. The molecule has 0 saturated heterocycles. The first-order valence-electron chi connectivity index (χ1n) is 25.0. The summed E-state index contributed by atoms with van der Waals surface area (Å²) in [6, 6.07) is 60.1. The lowest BCUT2D eigenvalue weighted by Crippen LogP contribution is -2.37. The van der Waals surface area contributed by atoms with Gasteiger partial charge in [0.15, 0.2) is 5.60 Å². The number of halogens is 2. The Hall–Kier alpha value is -7.32. The van der Waals surface area contributed by atoms with Crippen molar-refractivity contribution in [3.05, 3.63) is 227 Å². The van der Waals surface area contributed by atoms with Gasteiger partial charge in [0.05, 0.1) is 52.8 Å². The molecule has 9 aromatic rings. The van der Waals surface area contributed by atoms with Crippen molar-refractivity contribution in [3.63, 3.8) is 0 Å². The minimum atomic E-state index is -1.23. The smallest absolute Gasteiger partial charge is 0.347 e. The molecule has 5 heterocycles. The zero-order valence-corrected chi connectivity index (χ0v) is 50.6. The Balaban J connectivity index is 0.000000151. The summed E-state index contributed by atoms with van der Waals surface area (Å²) in [7, 11) is 11.9. The van der Waals surface area contributed by atoms with Crippen LogP contribution in [-0.4, -0.2) is 97.5 Å². The van der Waals surface area contributed by atoms with E-state index in [-0.39, 0.29) is 28.9 Å². The van der Waals surface area contributed by atoms with E-state index in [1.165, 1.54) is 18.5 Å². The third-order valence-corrected chi connectivity index (χ3v) is 12.5. The molecule has 7 aromatic carbocycles. The molecule has 2 radical (unpaired) electrons. The minimum Gasteiger partial charge on any atom is -0.497 e. The van der Waals surface area contributed by atoms with Gasteiger partial charge in [0.25, 0.3) is 11.8 Å². The fraction of sp³-hybridized carbons (Fsp3) is 0.131. The predicted octanol–water partition coefficient (Wildman–Crippen LogP) is 14.5. The van der Waals surface area contributed by atoms with Gasteiger partial charge in [-0.15, -0.1) is 18.5 Å². The molecule has 12 rings (SSSR count). The molecule has 14 nitrogen and oxygen atoms in total. The summed E-state index contributed by atoms with van der Waals surface area (Å²) in [5, 5.41) is 36.3. The van der Waals surface area contributed by atoms with Gasteiger partial charge in [-0.2, -0.15) is 20.0 Å². The first-order chi connectivity index (χ1) is 38.9. The van der Waals surface area contributed by atoms with Crippen LogP contribution in [0.1, 0.15) is 68.5 Å². The van der Waals surface area contributed by atoms with Crippen LogP contribution in [0.5, 0.6) is 11.5 Å². The Kier molecular flexibility index (Phi) is 21.9. The number of methoxy groups -OCH3 is 1. The van der Waals surface area contributed by atoms with Crippen molar-refractivity contribution in [1.29, 1.82) is 0 Å². The number of aromatic nitrogens is 4. The molecule has 4 atom stereocenters. The first-order valence-corrected chi connectivity index (χ1v) is 31.7. The van der Waals surface area contributed by atoms with E-state index in [0.29, 0.717) is 22.0 Å². The highest BCUT2D eigenvalue weighted by molar-refractivity contribution is 14.2. The number of amides is 1. The van der Waals surface area contributed by atoms with E-state index in [1.807, 2.05) is 158 Å². The van der Waals surface area contributed by atoms with Crippen LogP contribution >= 0.6 is 57.6 Å². The van der Waals surface area contributed by atoms with E-state index in [0.717, 1.165) is 79.8 Å². The van der Waals surface area contributed by atoms with Crippen molar-refractivity contribution in [2.45, 2.75) is 31.9 Å². The maximum atomic E-state index is 12.4. The van der Waals surface area contributed by atoms with E-state index in [4.69, 9.17) is 33.7 Å². The zero-order valence-electron chi connectivity index (χ0n) is 44.5. The number of ether oxygens (including phenoxy) is 2. The predicted molar refractivity (Wildman–Crippen MR) is 339 cm³/mol. The lowest BCUT2D eigenvalue weighted by molar-refractivity contribution is -0.152. The average molecular weight is 1270 g/mol. The van der Waals surface area contributed by atoms with Gasteiger partial charge in [-0.1, -0.05) is 154 Å². The third-order valence-electron chi connectivity index (χ3n) is 12.3. The molecule has 0 spiro atoms. The molecule has 20 heteroatoms. The van der Waals surface area contributed by atoms with Gasteiger partial charge in [0.1, 0.15) is 19.1 Å². The van der Waals surface area contributed by atoms with Crippen LogP contribution in [0.2, 0.25) is 5.02 Å². The summed E-state index contributed by atoms with van der Waals surface area (Å²) in [5.74, 6) is 0.386. The van der Waals surface area contributed by atoms with Crippen LogP contribution in [0.4, 0.5) is 0 Å². The van der Waals surface area contributed by atoms with Crippen molar-refractivity contribution >= 4 is 94.6 Å². The fourth-order valence-electron chi connectivity index (χ4n) is 8.45. The number of rotatable bonds is 9. The topological polar surface area (TPSA) is 189 Å². The van der Waals surface area contributed by atoms with Crippen molar-refractivity contribution in [2.75, 3.05) is 19.7 Å². The molecule has 3 aliphatic heterocycles. The summed E-state index contributed by atoms with van der Waals surface area (Å²) in [5.41, 5.74) is 10.3. The number of carbonyl (C=O) groups excluding carboxylic acids is 2. The molecule has 3 aliphatic rings. The van der Waals surface area contributed by atoms with E-state index >= 15 is 0 Å².